The first-order chi connectivity index (χ1) is 9.11. The Kier molecular flexibility index (Phi) is 3.99. The van der Waals surface area contributed by atoms with Gasteiger partial charge in [-0.3, -0.25) is 4.79 Å². The zero-order valence-corrected chi connectivity index (χ0v) is 11.1. The van der Waals surface area contributed by atoms with E-state index in [2.05, 4.69) is 21.9 Å². The Morgan fingerprint density at radius 1 is 1.63 bits per heavy atom. The number of piperidine rings is 1. The molecule has 0 radical (unpaired) electrons. The van der Waals surface area contributed by atoms with Crippen molar-refractivity contribution in [2.24, 2.45) is 0 Å². The van der Waals surface area contributed by atoms with E-state index in [1.807, 2.05) is 6.92 Å². The number of hydrogen-bond donors (Lipinski definition) is 2. The second-order valence-corrected chi connectivity index (χ2v) is 4.70. The Balaban J connectivity index is 2.04. The minimum Gasteiger partial charge on any atom is -0.383 e. The average Bonchev–Trinajstić information content (AvgIpc) is 2.43. The van der Waals surface area contributed by atoms with Gasteiger partial charge in [0.2, 0.25) is 5.91 Å². The molecule has 6 heteroatoms. The largest absolute Gasteiger partial charge is 0.383 e. The lowest BCUT2D eigenvalue weighted by Crippen LogP contribution is -2.44. The third kappa shape index (κ3) is 3.01. The fraction of sp³-hybridized carbons (Fsp3) is 0.462. The molecule has 0 bridgehead atoms. The summed E-state index contributed by atoms with van der Waals surface area (Å²) in [5.74, 6) is 1.20. The van der Waals surface area contributed by atoms with Gasteiger partial charge in [-0.05, 0) is 25.8 Å². The Morgan fingerprint density at radius 2 is 2.42 bits per heavy atom. The van der Waals surface area contributed by atoms with Crippen molar-refractivity contribution in [1.82, 2.24) is 14.9 Å². The first-order valence-corrected chi connectivity index (χ1v) is 6.36. The van der Waals surface area contributed by atoms with Crippen molar-refractivity contribution in [3.05, 3.63) is 24.5 Å². The number of carbonyl (C=O) groups is 1. The van der Waals surface area contributed by atoms with Gasteiger partial charge in [-0.25, -0.2) is 9.97 Å². The lowest BCUT2D eigenvalue weighted by molar-refractivity contribution is -0.127. The molecule has 0 spiro atoms. The third-order valence-corrected chi connectivity index (χ3v) is 3.37. The number of likely N-dealkylation sites (tertiary alicyclic amines) is 1. The van der Waals surface area contributed by atoms with Crippen LogP contribution in [0.5, 0.6) is 0 Å². The number of amides is 1. The van der Waals surface area contributed by atoms with Crippen molar-refractivity contribution < 1.29 is 4.79 Å². The number of nitrogens with zero attached hydrogens (tertiary/aromatic N) is 3. The van der Waals surface area contributed by atoms with Gasteiger partial charge in [-0.2, -0.15) is 0 Å². The van der Waals surface area contributed by atoms with Crippen molar-refractivity contribution in [3.8, 4) is 0 Å². The monoisotopic (exact) mass is 261 g/mol. The van der Waals surface area contributed by atoms with Crippen molar-refractivity contribution in [2.75, 3.05) is 24.1 Å². The van der Waals surface area contributed by atoms with Crippen LogP contribution >= 0.6 is 0 Å². The summed E-state index contributed by atoms with van der Waals surface area (Å²) in [5, 5.41) is 3.34. The van der Waals surface area contributed by atoms with E-state index in [0.29, 0.717) is 12.4 Å². The van der Waals surface area contributed by atoms with E-state index in [9.17, 15) is 4.79 Å². The molecule has 6 nitrogen and oxygen atoms in total. The molecule has 19 heavy (non-hydrogen) atoms. The van der Waals surface area contributed by atoms with Crippen LogP contribution in [0.3, 0.4) is 0 Å². The summed E-state index contributed by atoms with van der Waals surface area (Å²) in [6.07, 6.45) is 4.78. The van der Waals surface area contributed by atoms with Gasteiger partial charge in [0, 0.05) is 24.7 Å². The van der Waals surface area contributed by atoms with Crippen molar-refractivity contribution >= 4 is 17.5 Å². The van der Waals surface area contributed by atoms with Gasteiger partial charge in [-0.1, -0.05) is 6.58 Å². The fourth-order valence-electron chi connectivity index (χ4n) is 2.23. The van der Waals surface area contributed by atoms with Gasteiger partial charge < -0.3 is 16.0 Å². The lowest BCUT2D eigenvalue weighted by Gasteiger charge is -2.33. The maximum Gasteiger partial charge on any atom is 0.246 e. The van der Waals surface area contributed by atoms with E-state index < -0.39 is 0 Å². The number of nitrogens with two attached hydrogens (primary N) is 1. The highest BCUT2D eigenvalue weighted by atomic mass is 16.2. The summed E-state index contributed by atoms with van der Waals surface area (Å²) in [4.78, 5) is 21.6. The minimum absolute atomic E-state index is 0.0228. The smallest absolute Gasteiger partial charge is 0.246 e. The molecule has 1 fully saturated rings. The first-order valence-electron chi connectivity index (χ1n) is 6.36. The van der Waals surface area contributed by atoms with Gasteiger partial charge in [-0.15, -0.1) is 0 Å². The Morgan fingerprint density at radius 3 is 3.16 bits per heavy atom. The molecule has 1 aliphatic rings. The summed E-state index contributed by atoms with van der Waals surface area (Å²) >= 11 is 0. The van der Waals surface area contributed by atoms with Crippen LogP contribution in [-0.2, 0) is 4.79 Å². The molecule has 0 aliphatic carbocycles. The molecule has 1 aromatic rings. The van der Waals surface area contributed by atoms with Crippen LogP contribution in [0, 0.1) is 6.92 Å². The van der Waals surface area contributed by atoms with E-state index in [4.69, 9.17) is 5.73 Å². The summed E-state index contributed by atoms with van der Waals surface area (Å²) in [7, 11) is 0. The van der Waals surface area contributed by atoms with E-state index >= 15 is 0 Å². The van der Waals surface area contributed by atoms with E-state index in [0.717, 1.165) is 30.8 Å². The van der Waals surface area contributed by atoms with Gasteiger partial charge in [0.15, 0.2) is 0 Å². The Bertz CT molecular complexity index is 488. The maximum absolute atomic E-state index is 11.6. The second kappa shape index (κ2) is 5.69. The van der Waals surface area contributed by atoms with Crippen LogP contribution in [0.1, 0.15) is 18.4 Å². The van der Waals surface area contributed by atoms with Gasteiger partial charge >= 0.3 is 0 Å². The molecule has 1 amide bonds. The molecule has 1 saturated heterocycles. The summed E-state index contributed by atoms with van der Waals surface area (Å²) in [5.41, 5.74) is 6.60. The number of rotatable bonds is 3. The SMILES string of the molecule is C=CC(=O)N1CCCC(Nc2ncnc(N)c2C)C1. The molecule has 2 heterocycles. The molecule has 1 unspecified atom stereocenters. The van der Waals surface area contributed by atoms with Crippen LogP contribution in [0.25, 0.3) is 0 Å². The fourth-order valence-corrected chi connectivity index (χ4v) is 2.23. The van der Waals surface area contributed by atoms with Crippen molar-refractivity contribution in [3.63, 3.8) is 0 Å². The molecule has 3 N–H and O–H groups in total. The molecular formula is C13H19N5O. The molecule has 102 valence electrons. The van der Waals surface area contributed by atoms with Gasteiger partial charge in [0.25, 0.3) is 0 Å². The summed E-state index contributed by atoms with van der Waals surface area (Å²) in [6, 6.07) is 0.186. The number of aromatic nitrogens is 2. The minimum atomic E-state index is -0.0228. The summed E-state index contributed by atoms with van der Waals surface area (Å²) < 4.78 is 0. The van der Waals surface area contributed by atoms with Crippen molar-refractivity contribution in [2.45, 2.75) is 25.8 Å². The van der Waals surface area contributed by atoms with E-state index in [-0.39, 0.29) is 11.9 Å². The second-order valence-electron chi connectivity index (χ2n) is 4.70. The molecule has 1 aliphatic heterocycles. The quantitative estimate of drug-likeness (QED) is 0.792. The first kappa shape index (κ1) is 13.3. The average molecular weight is 261 g/mol. The van der Waals surface area contributed by atoms with Gasteiger partial charge in [0.05, 0.1) is 0 Å². The normalized spacial score (nSPS) is 19.0. The van der Waals surface area contributed by atoms with Crippen LogP contribution in [0.4, 0.5) is 11.6 Å². The number of carbonyl (C=O) groups excluding carboxylic acids is 1. The number of nitrogens with one attached hydrogen (secondary N) is 1. The van der Waals surface area contributed by atoms with Crippen LogP contribution in [0.2, 0.25) is 0 Å². The molecular weight excluding hydrogens is 242 g/mol. The zero-order chi connectivity index (χ0) is 13.8. The third-order valence-electron chi connectivity index (χ3n) is 3.37. The number of nitrogen functional groups attached to an aromatic ring is 1. The Labute approximate surface area is 112 Å². The predicted octanol–water partition coefficient (Wildman–Crippen LogP) is 0.956. The predicted molar refractivity (Wildman–Crippen MR) is 74.6 cm³/mol. The van der Waals surface area contributed by atoms with Gasteiger partial charge in [0.1, 0.15) is 18.0 Å². The highest BCUT2D eigenvalue weighted by molar-refractivity contribution is 5.87. The topological polar surface area (TPSA) is 84.1 Å². The van der Waals surface area contributed by atoms with Crippen LogP contribution in [0.15, 0.2) is 19.0 Å². The Hall–Kier alpha value is -2.11. The standard InChI is InChI=1S/C13H19N5O/c1-3-11(19)18-6-4-5-10(7-18)17-13-9(2)12(14)15-8-16-13/h3,8,10H,1,4-7H2,2H3,(H3,14,15,16,17). The number of hydrogen-bond acceptors (Lipinski definition) is 5. The highest BCUT2D eigenvalue weighted by Crippen LogP contribution is 2.19. The lowest BCUT2D eigenvalue weighted by atomic mass is 10.1. The molecule has 0 saturated carbocycles. The highest BCUT2D eigenvalue weighted by Gasteiger charge is 2.22. The molecule has 0 aromatic carbocycles. The van der Waals surface area contributed by atoms with Crippen LogP contribution < -0.4 is 11.1 Å². The van der Waals surface area contributed by atoms with Crippen LogP contribution in [-0.4, -0.2) is 39.9 Å². The molecule has 1 aromatic heterocycles. The molecule has 2 rings (SSSR count). The van der Waals surface area contributed by atoms with Crippen molar-refractivity contribution in [1.29, 1.82) is 0 Å². The number of anilines is 2. The summed E-state index contributed by atoms with van der Waals surface area (Å²) in [6.45, 7) is 6.85. The van der Waals surface area contributed by atoms with E-state index in [1.54, 1.807) is 4.90 Å². The van der Waals surface area contributed by atoms with E-state index in [1.165, 1.54) is 12.4 Å². The maximum atomic E-state index is 11.6. The molecule has 1 atom stereocenters. The zero-order valence-electron chi connectivity index (χ0n) is 11.1.